The number of amides is 1. The Labute approximate surface area is 172 Å². The molecule has 0 aromatic heterocycles. The zero-order valence-corrected chi connectivity index (χ0v) is 17.9. The summed E-state index contributed by atoms with van der Waals surface area (Å²) in [5.74, 6) is 0. The van der Waals surface area contributed by atoms with Gasteiger partial charge in [0.1, 0.15) is 0 Å². The minimum Gasteiger partial charge on any atom is -0.447 e. The molecule has 1 fully saturated rings. The summed E-state index contributed by atoms with van der Waals surface area (Å²) in [4.78, 5) is 14.2. The molecule has 3 rings (SSSR count). The summed E-state index contributed by atoms with van der Waals surface area (Å²) in [6.45, 7) is 4.07. The maximum Gasteiger partial charge on any atom is 0.410 e. The van der Waals surface area contributed by atoms with Crippen LogP contribution in [-0.2, 0) is 21.2 Å². The Morgan fingerprint density at radius 1 is 1.14 bits per heavy atom. The van der Waals surface area contributed by atoms with Gasteiger partial charge in [0, 0.05) is 12.6 Å². The van der Waals surface area contributed by atoms with Gasteiger partial charge in [0.05, 0.1) is 18.4 Å². The number of hydrogen-bond donors (Lipinski definition) is 1. The second-order valence-electron chi connectivity index (χ2n) is 7.75. The van der Waals surface area contributed by atoms with Crippen molar-refractivity contribution in [3.05, 3.63) is 60.2 Å². The number of sulfonamides is 1. The molecule has 1 aliphatic heterocycles. The molecular weight excluding hydrogens is 388 g/mol. The fourth-order valence-corrected chi connectivity index (χ4v) is 4.59. The van der Waals surface area contributed by atoms with Crippen molar-refractivity contribution < 1.29 is 17.9 Å². The number of nitrogens with one attached hydrogen (secondary N) is 1. The SMILES string of the molecule is CC(C)OC(=O)N1CC[C@H](NS(C)(=O)=O)[C@@H]1Cc1cccc(-c2ccccc2)c1. The Kier molecular flexibility index (Phi) is 6.59. The first kappa shape index (κ1) is 21.3. The molecule has 0 radical (unpaired) electrons. The van der Waals surface area contributed by atoms with E-state index in [1.165, 1.54) is 0 Å². The number of rotatable bonds is 6. The van der Waals surface area contributed by atoms with E-state index in [4.69, 9.17) is 4.74 Å². The van der Waals surface area contributed by atoms with E-state index < -0.39 is 16.1 Å². The Balaban J connectivity index is 1.86. The number of nitrogens with zero attached hydrogens (tertiary/aromatic N) is 1. The van der Waals surface area contributed by atoms with Crippen molar-refractivity contribution in [1.82, 2.24) is 9.62 Å². The molecule has 1 amide bonds. The highest BCUT2D eigenvalue weighted by atomic mass is 32.2. The van der Waals surface area contributed by atoms with Gasteiger partial charge in [0.15, 0.2) is 0 Å². The van der Waals surface area contributed by atoms with E-state index in [0.717, 1.165) is 22.9 Å². The lowest BCUT2D eigenvalue weighted by Gasteiger charge is -2.28. The molecule has 2 aromatic rings. The minimum absolute atomic E-state index is 0.230. The molecule has 0 aliphatic carbocycles. The summed E-state index contributed by atoms with van der Waals surface area (Å²) in [5.41, 5.74) is 3.24. The van der Waals surface area contributed by atoms with E-state index in [9.17, 15) is 13.2 Å². The van der Waals surface area contributed by atoms with Crippen molar-refractivity contribution in [3.8, 4) is 11.1 Å². The predicted molar refractivity (Wildman–Crippen MR) is 114 cm³/mol. The van der Waals surface area contributed by atoms with Crippen molar-refractivity contribution >= 4 is 16.1 Å². The van der Waals surface area contributed by atoms with Gasteiger partial charge < -0.3 is 9.64 Å². The summed E-state index contributed by atoms with van der Waals surface area (Å²) < 4.78 is 31.7. The van der Waals surface area contributed by atoms with Crippen LogP contribution < -0.4 is 4.72 Å². The molecule has 7 heteroatoms. The van der Waals surface area contributed by atoms with E-state index in [1.54, 1.807) is 18.7 Å². The number of ether oxygens (including phenoxy) is 1. The average Bonchev–Trinajstić information content (AvgIpc) is 3.03. The lowest BCUT2D eigenvalue weighted by molar-refractivity contribution is 0.0719. The number of hydrogen-bond acceptors (Lipinski definition) is 4. The van der Waals surface area contributed by atoms with Crippen LogP contribution in [0.5, 0.6) is 0 Å². The quantitative estimate of drug-likeness (QED) is 0.783. The van der Waals surface area contributed by atoms with Gasteiger partial charge in [0.2, 0.25) is 10.0 Å². The van der Waals surface area contributed by atoms with Crippen molar-refractivity contribution in [2.24, 2.45) is 0 Å². The van der Waals surface area contributed by atoms with E-state index in [2.05, 4.69) is 22.9 Å². The number of carbonyl (C=O) groups excluding carboxylic acids is 1. The van der Waals surface area contributed by atoms with Crippen molar-refractivity contribution in [2.45, 2.75) is 44.9 Å². The van der Waals surface area contributed by atoms with Gasteiger partial charge in [-0.1, -0.05) is 54.6 Å². The maximum absolute atomic E-state index is 12.6. The summed E-state index contributed by atoms with van der Waals surface area (Å²) in [6, 6.07) is 17.6. The van der Waals surface area contributed by atoms with Gasteiger partial charge in [0.25, 0.3) is 0 Å². The van der Waals surface area contributed by atoms with E-state index in [-0.39, 0.29) is 18.2 Å². The van der Waals surface area contributed by atoms with E-state index >= 15 is 0 Å². The zero-order chi connectivity index (χ0) is 21.0. The molecule has 0 spiro atoms. The van der Waals surface area contributed by atoms with Crippen molar-refractivity contribution in [2.75, 3.05) is 12.8 Å². The molecule has 0 bridgehead atoms. The Morgan fingerprint density at radius 3 is 2.48 bits per heavy atom. The van der Waals surface area contributed by atoms with Crippen LogP contribution in [0.3, 0.4) is 0 Å². The largest absolute Gasteiger partial charge is 0.447 e. The van der Waals surface area contributed by atoms with Gasteiger partial charge in [-0.2, -0.15) is 0 Å². The second kappa shape index (κ2) is 8.97. The summed E-state index contributed by atoms with van der Waals surface area (Å²) in [7, 11) is -3.38. The van der Waals surface area contributed by atoms with Crippen LogP contribution in [0.4, 0.5) is 4.79 Å². The maximum atomic E-state index is 12.6. The Bertz CT molecular complexity index is 944. The molecule has 6 nitrogen and oxygen atoms in total. The smallest absolute Gasteiger partial charge is 0.410 e. The molecule has 1 N–H and O–H groups in total. The topological polar surface area (TPSA) is 75.7 Å². The van der Waals surface area contributed by atoms with Crippen LogP contribution in [-0.4, -0.2) is 50.4 Å². The highest BCUT2D eigenvalue weighted by Crippen LogP contribution is 2.26. The molecule has 1 aliphatic rings. The van der Waals surface area contributed by atoms with Gasteiger partial charge in [-0.25, -0.2) is 17.9 Å². The number of benzene rings is 2. The average molecular weight is 417 g/mol. The molecule has 1 saturated heterocycles. The summed E-state index contributed by atoms with van der Waals surface area (Å²) >= 11 is 0. The lowest BCUT2D eigenvalue weighted by Crippen LogP contribution is -2.48. The number of carbonyl (C=O) groups is 1. The van der Waals surface area contributed by atoms with Crippen LogP contribution in [0.1, 0.15) is 25.8 Å². The number of likely N-dealkylation sites (tertiary alicyclic amines) is 1. The standard InChI is InChI=1S/C22H28N2O4S/c1-16(2)28-22(25)24-13-12-20(23-29(3,26)27)21(24)15-17-8-7-11-19(14-17)18-9-5-4-6-10-18/h4-11,14,16,20-21,23H,12-13,15H2,1-3H3/t20-,21-/m0/s1. The molecule has 2 aromatic carbocycles. The molecule has 156 valence electrons. The lowest BCUT2D eigenvalue weighted by atomic mass is 9.97. The third-order valence-electron chi connectivity index (χ3n) is 4.96. The van der Waals surface area contributed by atoms with Gasteiger partial charge in [-0.05, 0) is 43.4 Å². The van der Waals surface area contributed by atoms with Crippen LogP contribution in [0.25, 0.3) is 11.1 Å². The first-order valence-electron chi connectivity index (χ1n) is 9.82. The van der Waals surface area contributed by atoms with Gasteiger partial charge in [-0.15, -0.1) is 0 Å². The highest BCUT2D eigenvalue weighted by molar-refractivity contribution is 7.88. The molecule has 0 saturated carbocycles. The first-order chi connectivity index (χ1) is 13.7. The fraction of sp³-hybridized carbons (Fsp3) is 0.409. The fourth-order valence-electron chi connectivity index (χ4n) is 3.76. The third kappa shape index (κ3) is 5.81. The van der Waals surface area contributed by atoms with Crippen LogP contribution in [0, 0.1) is 0 Å². The monoisotopic (exact) mass is 416 g/mol. The molecule has 1 heterocycles. The van der Waals surface area contributed by atoms with Crippen molar-refractivity contribution in [1.29, 1.82) is 0 Å². The Morgan fingerprint density at radius 2 is 1.83 bits per heavy atom. The summed E-state index contributed by atoms with van der Waals surface area (Å²) in [5, 5.41) is 0. The third-order valence-corrected chi connectivity index (χ3v) is 5.69. The summed E-state index contributed by atoms with van der Waals surface area (Å²) in [6.07, 6.45) is 1.62. The second-order valence-corrected chi connectivity index (χ2v) is 9.53. The zero-order valence-electron chi connectivity index (χ0n) is 17.0. The first-order valence-corrected chi connectivity index (χ1v) is 11.7. The van der Waals surface area contributed by atoms with E-state index in [1.807, 2.05) is 36.4 Å². The van der Waals surface area contributed by atoms with E-state index in [0.29, 0.717) is 19.4 Å². The minimum atomic E-state index is -3.38. The molecule has 2 atom stereocenters. The van der Waals surface area contributed by atoms with Crippen LogP contribution >= 0.6 is 0 Å². The van der Waals surface area contributed by atoms with Gasteiger partial charge >= 0.3 is 6.09 Å². The van der Waals surface area contributed by atoms with Crippen LogP contribution in [0.2, 0.25) is 0 Å². The highest BCUT2D eigenvalue weighted by Gasteiger charge is 2.39. The normalized spacial score (nSPS) is 19.5. The molecular formula is C22H28N2O4S. The Hall–Kier alpha value is -2.38. The molecule has 29 heavy (non-hydrogen) atoms. The van der Waals surface area contributed by atoms with Crippen LogP contribution in [0.15, 0.2) is 54.6 Å². The predicted octanol–water partition coefficient (Wildman–Crippen LogP) is 3.43. The molecule has 0 unspecified atom stereocenters. The van der Waals surface area contributed by atoms with Crippen molar-refractivity contribution in [3.63, 3.8) is 0 Å². The van der Waals surface area contributed by atoms with Gasteiger partial charge in [-0.3, -0.25) is 0 Å².